The summed E-state index contributed by atoms with van der Waals surface area (Å²) in [5.41, 5.74) is -0.217. The van der Waals surface area contributed by atoms with Crippen molar-refractivity contribution in [2.24, 2.45) is 0 Å². The van der Waals surface area contributed by atoms with Crippen molar-refractivity contribution < 1.29 is 9.46 Å². The largest absolute Gasteiger partial charge is 0.368 e. The first-order valence-electron chi connectivity index (χ1n) is 3.62. The van der Waals surface area contributed by atoms with Crippen molar-refractivity contribution in [3.63, 3.8) is 0 Å². The molecule has 74 valence electrons. The maximum absolute atomic E-state index is 11.2. The average Bonchev–Trinajstić information content (AvgIpc) is 2.54. The molecule has 0 amide bonds. The number of nitrogens with zero attached hydrogens (tertiary/aromatic N) is 3. The Kier molecular flexibility index (Phi) is 3.07. The Hall–Kier alpha value is -1.14. The van der Waals surface area contributed by atoms with Gasteiger partial charge in [0.1, 0.15) is 18.0 Å². The van der Waals surface area contributed by atoms with E-state index >= 15 is 0 Å². The van der Waals surface area contributed by atoms with Crippen LogP contribution in [0.1, 0.15) is 0 Å². The molecule has 1 unspecified atom stereocenters. The minimum atomic E-state index is -3.74. The summed E-state index contributed by atoms with van der Waals surface area (Å²) in [6.07, 6.45) is 0. The van der Waals surface area contributed by atoms with Crippen molar-refractivity contribution in [3.8, 4) is 12.1 Å². The smallest absolute Gasteiger partial charge is 0.349 e. The molecule has 0 radical (unpaired) electrons. The molecule has 14 heavy (non-hydrogen) atoms. The van der Waals surface area contributed by atoms with Crippen LogP contribution in [0.15, 0.2) is 11.4 Å². The summed E-state index contributed by atoms with van der Waals surface area (Å²) in [7, 11) is 0. The van der Waals surface area contributed by atoms with E-state index in [9.17, 15) is 9.46 Å². The van der Waals surface area contributed by atoms with E-state index < -0.39 is 6.72 Å². The zero-order valence-electron chi connectivity index (χ0n) is 7.01. The standard InChI is InChI=1S/C6H7N4O2PS/c7-3-5(4-8)6-9-1-2-10(6)13(11,12)14/h9H,1-2H2,(H2,11,12,14). The monoisotopic (exact) mass is 230 g/mol. The Bertz CT molecular complexity index is 385. The molecule has 1 aliphatic heterocycles. The van der Waals surface area contributed by atoms with E-state index in [0.717, 1.165) is 4.67 Å². The van der Waals surface area contributed by atoms with Gasteiger partial charge in [0.25, 0.3) is 0 Å². The van der Waals surface area contributed by atoms with E-state index in [1.165, 1.54) is 0 Å². The molecular formula is C6H7N4O2PS. The molecule has 1 atom stereocenters. The van der Waals surface area contributed by atoms with Gasteiger partial charge in [-0.25, -0.2) is 0 Å². The van der Waals surface area contributed by atoms with E-state index in [1.54, 1.807) is 12.1 Å². The van der Waals surface area contributed by atoms with Gasteiger partial charge in [0.2, 0.25) is 0 Å². The van der Waals surface area contributed by atoms with Gasteiger partial charge in [0.05, 0.1) is 0 Å². The first-order chi connectivity index (χ1) is 6.50. The minimum absolute atomic E-state index is 0.0795. The molecule has 0 aromatic heterocycles. The van der Waals surface area contributed by atoms with Crippen LogP contribution < -0.4 is 5.32 Å². The van der Waals surface area contributed by atoms with Crippen LogP contribution in [0.2, 0.25) is 0 Å². The fourth-order valence-corrected chi connectivity index (χ4v) is 2.42. The predicted molar refractivity (Wildman–Crippen MR) is 51.8 cm³/mol. The van der Waals surface area contributed by atoms with Gasteiger partial charge in [-0.2, -0.15) is 10.5 Å². The number of thiol groups is 1. The first-order valence-corrected chi connectivity index (χ1v) is 6.39. The van der Waals surface area contributed by atoms with E-state index in [-0.39, 0.29) is 17.9 Å². The summed E-state index contributed by atoms with van der Waals surface area (Å²) in [6, 6.07) is 3.29. The van der Waals surface area contributed by atoms with Gasteiger partial charge in [0, 0.05) is 13.1 Å². The van der Waals surface area contributed by atoms with Crippen molar-refractivity contribution in [1.29, 1.82) is 10.5 Å². The highest BCUT2D eigenvalue weighted by atomic mass is 32.7. The van der Waals surface area contributed by atoms with Crippen LogP contribution in [-0.2, 0) is 4.57 Å². The second-order valence-corrected chi connectivity index (χ2v) is 5.58. The Balaban J connectivity index is 3.15. The molecule has 6 nitrogen and oxygen atoms in total. The molecular weight excluding hydrogens is 223 g/mol. The Morgan fingerprint density at radius 3 is 2.64 bits per heavy atom. The van der Waals surface area contributed by atoms with Gasteiger partial charge in [-0.3, -0.25) is 9.24 Å². The highest BCUT2D eigenvalue weighted by molar-refractivity contribution is 8.45. The molecule has 0 bridgehead atoms. The van der Waals surface area contributed by atoms with Gasteiger partial charge >= 0.3 is 6.72 Å². The van der Waals surface area contributed by atoms with Gasteiger partial charge in [0.15, 0.2) is 5.57 Å². The first kappa shape index (κ1) is 10.9. The number of allylic oxidation sites excluding steroid dienone is 1. The van der Waals surface area contributed by atoms with Crippen LogP contribution in [0.25, 0.3) is 0 Å². The van der Waals surface area contributed by atoms with Gasteiger partial charge in [-0.15, -0.1) is 0 Å². The second kappa shape index (κ2) is 3.93. The molecule has 1 saturated heterocycles. The fourth-order valence-electron chi connectivity index (χ4n) is 1.09. The zero-order valence-corrected chi connectivity index (χ0v) is 8.79. The van der Waals surface area contributed by atoms with Crippen molar-refractivity contribution >= 4 is 19.0 Å². The molecule has 1 fully saturated rings. The predicted octanol–water partition coefficient (Wildman–Crippen LogP) is 0.181. The normalized spacial score (nSPS) is 19.1. The Morgan fingerprint density at radius 1 is 1.64 bits per heavy atom. The van der Waals surface area contributed by atoms with Crippen LogP contribution in [0, 0.1) is 22.7 Å². The van der Waals surface area contributed by atoms with Gasteiger partial charge in [-0.05, 0) is 0 Å². The zero-order chi connectivity index (χ0) is 10.8. The second-order valence-electron chi connectivity index (χ2n) is 2.51. The van der Waals surface area contributed by atoms with E-state index in [0.29, 0.717) is 6.54 Å². The SMILES string of the molecule is N#CC(C#N)=C1NCCN1P(=O)(O)S. The summed E-state index contributed by atoms with van der Waals surface area (Å²) < 4.78 is 12.2. The average molecular weight is 230 g/mol. The topological polar surface area (TPSA) is 100 Å². The molecule has 0 saturated carbocycles. The number of hydrogen-bond donors (Lipinski definition) is 3. The van der Waals surface area contributed by atoms with Gasteiger partial charge < -0.3 is 10.2 Å². The van der Waals surface area contributed by atoms with Crippen LogP contribution >= 0.6 is 19.0 Å². The van der Waals surface area contributed by atoms with Crippen LogP contribution in [-0.4, -0.2) is 22.7 Å². The lowest BCUT2D eigenvalue weighted by molar-refractivity contribution is 0.428. The van der Waals surface area contributed by atoms with Crippen LogP contribution in [0.3, 0.4) is 0 Å². The Morgan fingerprint density at radius 2 is 2.21 bits per heavy atom. The highest BCUT2D eigenvalue weighted by Crippen LogP contribution is 2.52. The van der Waals surface area contributed by atoms with Crippen LogP contribution in [0.4, 0.5) is 0 Å². The lowest BCUT2D eigenvalue weighted by atomic mass is 10.3. The molecule has 1 rings (SSSR count). The van der Waals surface area contributed by atoms with Crippen molar-refractivity contribution in [1.82, 2.24) is 9.99 Å². The number of nitriles is 2. The quantitative estimate of drug-likeness (QED) is 0.337. The molecule has 0 aliphatic carbocycles. The van der Waals surface area contributed by atoms with Crippen molar-refractivity contribution in [2.45, 2.75) is 0 Å². The van der Waals surface area contributed by atoms with E-state index in [2.05, 4.69) is 17.6 Å². The van der Waals surface area contributed by atoms with Gasteiger partial charge in [-0.1, -0.05) is 12.2 Å². The molecule has 1 aliphatic rings. The van der Waals surface area contributed by atoms with Crippen molar-refractivity contribution in [3.05, 3.63) is 11.4 Å². The summed E-state index contributed by atoms with van der Waals surface area (Å²) in [5, 5.41) is 19.8. The highest BCUT2D eigenvalue weighted by Gasteiger charge is 2.32. The maximum Gasteiger partial charge on any atom is 0.349 e. The maximum atomic E-state index is 11.2. The van der Waals surface area contributed by atoms with E-state index in [4.69, 9.17) is 10.5 Å². The molecule has 2 N–H and O–H groups in total. The third-order valence-electron chi connectivity index (χ3n) is 1.65. The lowest BCUT2D eigenvalue weighted by Crippen LogP contribution is -2.16. The van der Waals surface area contributed by atoms with Crippen LogP contribution in [0.5, 0.6) is 0 Å². The number of hydrogen-bond acceptors (Lipinski definition) is 4. The summed E-state index contributed by atoms with van der Waals surface area (Å²) >= 11 is 3.53. The number of rotatable bonds is 1. The molecule has 0 aromatic rings. The fraction of sp³-hybridized carbons (Fsp3) is 0.333. The van der Waals surface area contributed by atoms with E-state index in [1.807, 2.05) is 0 Å². The molecule has 8 heteroatoms. The molecule has 1 heterocycles. The third kappa shape index (κ3) is 2.02. The summed E-state index contributed by atoms with van der Waals surface area (Å²) in [4.78, 5) is 9.18. The minimum Gasteiger partial charge on any atom is -0.368 e. The van der Waals surface area contributed by atoms with Crippen molar-refractivity contribution in [2.75, 3.05) is 13.1 Å². The summed E-state index contributed by atoms with van der Waals surface area (Å²) in [5.74, 6) is 0.0795. The molecule has 0 aromatic carbocycles. The Labute approximate surface area is 86.1 Å². The number of nitrogens with one attached hydrogen (secondary N) is 1. The molecule has 0 spiro atoms. The summed E-state index contributed by atoms with van der Waals surface area (Å²) in [6.45, 7) is -3.09. The lowest BCUT2D eigenvalue weighted by Gasteiger charge is -2.20. The third-order valence-corrected chi connectivity index (χ3v) is 3.33.